The van der Waals surface area contributed by atoms with Crippen molar-refractivity contribution in [3.63, 3.8) is 0 Å². The number of carbonyl (C=O) groups excluding carboxylic acids is 1. The maximum atomic E-state index is 10.5. The van der Waals surface area contributed by atoms with Crippen molar-refractivity contribution >= 4 is 14.3 Å². The van der Waals surface area contributed by atoms with Crippen LogP contribution in [0, 0.1) is 5.41 Å². The standard InChI is InChI=1S/C6H6.C6H14.C5H11NO2.2C2H6.B/c1-2-4-6-5-3-1;1-3-5-6-4-2;1-5(2,3)4(7)6-8;2*1-2;/h1-6H;3-6H2,1-2H3;8H,1-3H3,(H,6,7);2*1-2H3;. The molecule has 3 nitrogen and oxygen atoms in total. The number of carbonyl (C=O) groups is 1. The Morgan fingerprint density at radius 2 is 1.04 bits per heavy atom. The molecule has 0 saturated heterocycles. The average Bonchev–Trinajstić information content (AvgIpc) is 2.64. The van der Waals surface area contributed by atoms with Gasteiger partial charge in [-0.05, 0) is 0 Å². The van der Waals surface area contributed by atoms with Crippen molar-refractivity contribution in [2.24, 2.45) is 5.41 Å². The predicted molar refractivity (Wildman–Crippen MR) is 114 cm³/mol. The molecule has 0 bridgehead atoms. The van der Waals surface area contributed by atoms with Crippen LogP contribution in [-0.4, -0.2) is 19.5 Å². The van der Waals surface area contributed by atoms with Crippen molar-refractivity contribution in [1.82, 2.24) is 5.48 Å². The maximum Gasteiger partial charge on any atom is 0.248 e. The van der Waals surface area contributed by atoms with Crippen LogP contribution in [0.4, 0.5) is 0 Å². The van der Waals surface area contributed by atoms with Gasteiger partial charge in [-0.15, -0.1) is 0 Å². The zero-order valence-electron chi connectivity index (χ0n) is 18.2. The number of amides is 1. The Morgan fingerprint density at radius 1 is 0.800 bits per heavy atom. The number of hydrogen-bond donors (Lipinski definition) is 2. The van der Waals surface area contributed by atoms with E-state index in [1.165, 1.54) is 25.7 Å². The monoisotopic (exact) mass is 352 g/mol. The van der Waals surface area contributed by atoms with E-state index in [1.54, 1.807) is 26.3 Å². The first kappa shape index (κ1) is 34.9. The van der Waals surface area contributed by atoms with E-state index in [2.05, 4.69) is 13.8 Å². The highest BCUT2D eigenvalue weighted by Gasteiger charge is 2.19. The van der Waals surface area contributed by atoms with Crippen LogP contribution in [0.3, 0.4) is 0 Å². The molecule has 1 aromatic rings. The molecule has 1 aromatic carbocycles. The van der Waals surface area contributed by atoms with Gasteiger partial charge in [-0.25, -0.2) is 5.48 Å². The minimum absolute atomic E-state index is 0. The van der Waals surface area contributed by atoms with Crippen LogP contribution in [0.25, 0.3) is 0 Å². The number of hydrogen-bond acceptors (Lipinski definition) is 2. The number of rotatable bonds is 3. The summed E-state index contributed by atoms with van der Waals surface area (Å²) in [5.41, 5.74) is 1.07. The minimum atomic E-state index is -0.491. The minimum Gasteiger partial charge on any atom is -0.289 e. The van der Waals surface area contributed by atoms with E-state index in [-0.39, 0.29) is 14.3 Å². The lowest BCUT2D eigenvalue weighted by Gasteiger charge is -2.13. The van der Waals surface area contributed by atoms with Crippen molar-refractivity contribution < 1.29 is 10.0 Å². The van der Waals surface area contributed by atoms with Gasteiger partial charge in [-0.1, -0.05) is 124 Å². The number of nitrogens with one attached hydrogen (secondary N) is 1. The fourth-order valence-corrected chi connectivity index (χ4v) is 1.05. The largest absolute Gasteiger partial charge is 0.289 e. The summed E-state index contributed by atoms with van der Waals surface area (Å²) in [7, 11) is 0. The van der Waals surface area contributed by atoms with Crippen molar-refractivity contribution in [2.45, 2.75) is 88.0 Å². The normalized spacial score (nSPS) is 8.08. The molecule has 3 radical (unpaired) electrons. The Morgan fingerprint density at radius 3 is 1.12 bits per heavy atom. The van der Waals surface area contributed by atoms with E-state index >= 15 is 0 Å². The summed E-state index contributed by atoms with van der Waals surface area (Å²) in [6, 6.07) is 12.0. The molecule has 0 aromatic heterocycles. The predicted octanol–water partition coefficient (Wildman–Crippen LogP) is 6.48. The van der Waals surface area contributed by atoms with Gasteiger partial charge in [0.05, 0.1) is 0 Å². The second kappa shape index (κ2) is 30.6. The van der Waals surface area contributed by atoms with Crippen LogP contribution < -0.4 is 5.48 Å². The lowest BCUT2D eigenvalue weighted by atomic mass is 9.96. The van der Waals surface area contributed by atoms with E-state index < -0.39 is 5.41 Å². The summed E-state index contributed by atoms with van der Waals surface area (Å²) in [5.74, 6) is -0.363. The molecule has 0 fully saturated rings. The van der Waals surface area contributed by atoms with Crippen LogP contribution in [0.5, 0.6) is 0 Å². The Balaban J connectivity index is -0.0000000718. The molecule has 0 saturated carbocycles. The molecular weight excluding hydrogens is 309 g/mol. The van der Waals surface area contributed by atoms with Crippen molar-refractivity contribution in [3.05, 3.63) is 36.4 Å². The second-order valence-corrected chi connectivity index (χ2v) is 5.55. The van der Waals surface area contributed by atoms with Crippen molar-refractivity contribution in [2.75, 3.05) is 0 Å². The topological polar surface area (TPSA) is 49.3 Å². The summed E-state index contributed by atoms with van der Waals surface area (Å²) >= 11 is 0. The molecule has 0 unspecified atom stereocenters. The van der Waals surface area contributed by atoms with Crippen LogP contribution in [0.15, 0.2) is 36.4 Å². The third kappa shape index (κ3) is 39.5. The third-order valence-corrected chi connectivity index (χ3v) is 2.41. The van der Waals surface area contributed by atoms with Gasteiger partial charge in [0.15, 0.2) is 0 Å². The van der Waals surface area contributed by atoms with E-state index in [4.69, 9.17) is 5.21 Å². The highest BCUT2D eigenvalue weighted by molar-refractivity contribution is 5.80. The Kier molecular flexibility index (Phi) is 42.7. The lowest BCUT2D eigenvalue weighted by Crippen LogP contribution is -2.32. The Labute approximate surface area is 160 Å². The van der Waals surface area contributed by atoms with Gasteiger partial charge in [0, 0.05) is 13.8 Å². The van der Waals surface area contributed by atoms with E-state index in [0.29, 0.717) is 0 Å². The fraction of sp³-hybridized carbons (Fsp3) is 0.667. The van der Waals surface area contributed by atoms with Crippen LogP contribution in [0.1, 0.15) is 88.0 Å². The smallest absolute Gasteiger partial charge is 0.248 e. The molecule has 147 valence electrons. The molecule has 4 heteroatoms. The average molecular weight is 352 g/mol. The van der Waals surface area contributed by atoms with Crippen LogP contribution >= 0.6 is 0 Å². The van der Waals surface area contributed by atoms with Gasteiger partial charge in [-0.2, -0.15) is 0 Å². The molecule has 0 heterocycles. The highest BCUT2D eigenvalue weighted by atomic mass is 16.5. The van der Waals surface area contributed by atoms with E-state index in [9.17, 15) is 4.79 Å². The Bertz CT molecular complexity index is 281. The Hall–Kier alpha value is -1.29. The molecule has 1 rings (SSSR count). The molecule has 2 N–H and O–H groups in total. The zero-order valence-corrected chi connectivity index (χ0v) is 18.2. The number of unbranched alkanes of at least 4 members (excludes halogenated alkanes) is 3. The van der Waals surface area contributed by atoms with E-state index in [1.807, 2.05) is 64.1 Å². The first-order valence-electron chi connectivity index (χ1n) is 9.34. The van der Waals surface area contributed by atoms with Crippen LogP contribution in [0.2, 0.25) is 0 Å². The first-order valence-corrected chi connectivity index (χ1v) is 9.34. The summed E-state index contributed by atoms with van der Waals surface area (Å²) in [6.45, 7) is 17.6. The van der Waals surface area contributed by atoms with Gasteiger partial charge in [0.2, 0.25) is 5.91 Å². The SMILES string of the molecule is CC.CC.CC(C)(C)C(=O)NO.CCCCCC.[B].c1ccccc1. The quantitative estimate of drug-likeness (QED) is 0.283. The maximum absolute atomic E-state index is 10.5. The van der Waals surface area contributed by atoms with Gasteiger partial charge in [0.1, 0.15) is 0 Å². The molecular formula is C21H43BNO2. The van der Waals surface area contributed by atoms with E-state index in [0.717, 1.165) is 0 Å². The molecule has 0 aliphatic carbocycles. The summed E-state index contributed by atoms with van der Waals surface area (Å²) in [5, 5.41) is 8.07. The molecule has 25 heavy (non-hydrogen) atoms. The van der Waals surface area contributed by atoms with Gasteiger partial charge in [-0.3, -0.25) is 10.0 Å². The van der Waals surface area contributed by atoms with Crippen molar-refractivity contribution in [3.8, 4) is 0 Å². The third-order valence-electron chi connectivity index (χ3n) is 2.41. The zero-order chi connectivity index (χ0) is 19.9. The molecule has 0 spiro atoms. The summed E-state index contributed by atoms with van der Waals surface area (Å²) in [6.07, 6.45) is 5.54. The molecule has 0 aliphatic heterocycles. The lowest BCUT2D eigenvalue weighted by molar-refractivity contribution is -0.137. The van der Waals surface area contributed by atoms with Gasteiger partial charge < -0.3 is 0 Å². The summed E-state index contributed by atoms with van der Waals surface area (Å²) in [4.78, 5) is 10.5. The fourth-order valence-electron chi connectivity index (χ4n) is 1.05. The van der Waals surface area contributed by atoms with Crippen LogP contribution in [-0.2, 0) is 4.79 Å². The highest BCUT2D eigenvalue weighted by Crippen LogP contribution is 2.11. The van der Waals surface area contributed by atoms with Crippen molar-refractivity contribution in [1.29, 1.82) is 0 Å². The second-order valence-electron chi connectivity index (χ2n) is 5.55. The first-order chi connectivity index (χ1) is 11.4. The van der Waals surface area contributed by atoms with Gasteiger partial charge >= 0.3 is 0 Å². The van der Waals surface area contributed by atoms with Gasteiger partial charge in [0.25, 0.3) is 0 Å². The summed E-state index contributed by atoms with van der Waals surface area (Å²) < 4.78 is 0. The molecule has 0 atom stereocenters. The molecule has 1 amide bonds. The number of benzene rings is 1. The molecule has 0 aliphatic rings. The number of hydroxylamine groups is 1.